The third-order valence-corrected chi connectivity index (χ3v) is 2.96. The normalized spacial score (nSPS) is 18.3. The maximum Gasteiger partial charge on any atom is 0.325 e. The van der Waals surface area contributed by atoms with Crippen molar-refractivity contribution in [3.05, 3.63) is 12.4 Å². The van der Waals surface area contributed by atoms with E-state index in [1.807, 2.05) is 0 Å². The first-order valence-corrected chi connectivity index (χ1v) is 5.92. The van der Waals surface area contributed by atoms with E-state index >= 15 is 0 Å². The summed E-state index contributed by atoms with van der Waals surface area (Å²) in [6.45, 7) is 0.975. The minimum atomic E-state index is -0.985. The number of anilines is 1. The van der Waals surface area contributed by atoms with Crippen LogP contribution in [0.1, 0.15) is 6.42 Å². The van der Waals surface area contributed by atoms with Crippen LogP contribution in [0.5, 0.6) is 0 Å². The number of hydrogen-bond donors (Lipinski definition) is 2. The number of aromatic nitrogens is 2. The topological polar surface area (TPSA) is 96.7 Å². The summed E-state index contributed by atoms with van der Waals surface area (Å²) in [5.74, 6) is -0.985. The maximum absolute atomic E-state index is 11.9. The van der Waals surface area contributed by atoms with Crippen LogP contribution in [-0.2, 0) is 16.1 Å². The van der Waals surface area contributed by atoms with Gasteiger partial charge in [0, 0.05) is 19.9 Å². The summed E-state index contributed by atoms with van der Waals surface area (Å²) in [5, 5.41) is 15.1. The fraction of sp³-hybridized carbons (Fsp3) is 0.545. The fourth-order valence-corrected chi connectivity index (χ4v) is 1.86. The number of carboxylic acids is 1. The molecule has 19 heavy (non-hydrogen) atoms. The van der Waals surface area contributed by atoms with E-state index in [2.05, 4.69) is 10.4 Å². The Morgan fingerprint density at radius 2 is 2.47 bits per heavy atom. The molecule has 0 saturated carbocycles. The minimum absolute atomic E-state index is 0.0778. The van der Waals surface area contributed by atoms with Gasteiger partial charge in [-0.15, -0.1) is 0 Å². The van der Waals surface area contributed by atoms with Crippen molar-refractivity contribution in [2.75, 3.05) is 25.6 Å². The van der Waals surface area contributed by atoms with Gasteiger partial charge in [0.1, 0.15) is 6.54 Å². The Bertz CT molecular complexity index is 467. The van der Waals surface area contributed by atoms with E-state index in [0.717, 1.165) is 6.42 Å². The van der Waals surface area contributed by atoms with Gasteiger partial charge in [-0.05, 0) is 6.42 Å². The average molecular weight is 268 g/mol. The van der Waals surface area contributed by atoms with E-state index in [4.69, 9.17) is 9.84 Å². The summed E-state index contributed by atoms with van der Waals surface area (Å²) >= 11 is 0. The summed E-state index contributed by atoms with van der Waals surface area (Å²) in [5.41, 5.74) is 0.469. The number of hydrogen-bond acceptors (Lipinski definition) is 4. The molecule has 0 aromatic carbocycles. The Hall–Kier alpha value is -2.09. The summed E-state index contributed by atoms with van der Waals surface area (Å²) in [7, 11) is 1.70. The standard InChI is InChI=1S/C11H16N4O4/c1-14(9-2-3-19-7-9)11(18)13-8-4-12-15(5-8)6-10(16)17/h4-5,9H,2-3,6-7H2,1H3,(H,13,18)(H,16,17). The van der Waals surface area contributed by atoms with Crippen molar-refractivity contribution in [3.8, 4) is 0 Å². The molecule has 2 heterocycles. The lowest BCUT2D eigenvalue weighted by Crippen LogP contribution is -2.40. The summed E-state index contributed by atoms with van der Waals surface area (Å²) < 4.78 is 6.47. The first-order chi connectivity index (χ1) is 9.06. The summed E-state index contributed by atoms with van der Waals surface area (Å²) in [6, 6.07) is -0.181. The SMILES string of the molecule is CN(C(=O)Nc1cnn(CC(=O)O)c1)C1CCOC1. The van der Waals surface area contributed by atoms with Crippen LogP contribution in [0.25, 0.3) is 0 Å². The molecule has 1 fully saturated rings. The van der Waals surface area contributed by atoms with Crippen LogP contribution in [0.15, 0.2) is 12.4 Å². The van der Waals surface area contributed by atoms with E-state index in [-0.39, 0.29) is 18.6 Å². The first kappa shape index (κ1) is 13.3. The van der Waals surface area contributed by atoms with Crippen LogP contribution < -0.4 is 5.32 Å². The molecule has 8 nitrogen and oxygen atoms in total. The van der Waals surface area contributed by atoms with Crippen LogP contribution in [-0.4, -0.2) is 58.1 Å². The number of carboxylic acid groups (broad SMARTS) is 1. The largest absolute Gasteiger partial charge is 0.480 e. The third-order valence-electron chi connectivity index (χ3n) is 2.96. The number of carbonyl (C=O) groups is 2. The van der Waals surface area contributed by atoms with Gasteiger partial charge < -0.3 is 20.1 Å². The van der Waals surface area contributed by atoms with E-state index in [1.165, 1.54) is 17.1 Å². The molecule has 0 bridgehead atoms. The smallest absolute Gasteiger partial charge is 0.325 e. The highest BCUT2D eigenvalue weighted by molar-refractivity contribution is 5.89. The van der Waals surface area contributed by atoms with E-state index in [9.17, 15) is 9.59 Å². The number of carbonyl (C=O) groups excluding carboxylic acids is 1. The number of rotatable bonds is 4. The Balaban J connectivity index is 1.90. The van der Waals surface area contributed by atoms with Crippen molar-refractivity contribution in [2.45, 2.75) is 19.0 Å². The lowest BCUT2D eigenvalue weighted by Gasteiger charge is -2.22. The van der Waals surface area contributed by atoms with Gasteiger partial charge in [-0.1, -0.05) is 0 Å². The fourth-order valence-electron chi connectivity index (χ4n) is 1.86. The Morgan fingerprint density at radius 3 is 3.11 bits per heavy atom. The maximum atomic E-state index is 11.9. The molecule has 1 saturated heterocycles. The molecule has 0 aliphatic carbocycles. The Labute approximate surface area is 109 Å². The van der Waals surface area contributed by atoms with Crippen molar-refractivity contribution in [1.82, 2.24) is 14.7 Å². The van der Waals surface area contributed by atoms with Crippen molar-refractivity contribution in [3.63, 3.8) is 0 Å². The highest BCUT2D eigenvalue weighted by atomic mass is 16.5. The highest BCUT2D eigenvalue weighted by Crippen LogP contribution is 2.13. The van der Waals surface area contributed by atoms with Gasteiger partial charge in [-0.2, -0.15) is 5.10 Å². The van der Waals surface area contributed by atoms with E-state index < -0.39 is 5.97 Å². The molecule has 104 valence electrons. The van der Waals surface area contributed by atoms with Crippen LogP contribution >= 0.6 is 0 Å². The second-order valence-electron chi connectivity index (χ2n) is 4.38. The first-order valence-electron chi connectivity index (χ1n) is 5.92. The predicted molar refractivity (Wildman–Crippen MR) is 65.9 cm³/mol. The molecule has 2 amide bonds. The lowest BCUT2D eigenvalue weighted by molar-refractivity contribution is -0.137. The number of nitrogens with zero attached hydrogens (tertiary/aromatic N) is 3. The molecule has 1 aliphatic rings. The van der Waals surface area contributed by atoms with Crippen molar-refractivity contribution < 1.29 is 19.4 Å². The molecule has 1 aliphatic heterocycles. The third kappa shape index (κ3) is 3.44. The quantitative estimate of drug-likeness (QED) is 0.814. The second kappa shape index (κ2) is 5.70. The molecule has 8 heteroatoms. The molecule has 2 rings (SSSR count). The molecule has 2 N–H and O–H groups in total. The van der Waals surface area contributed by atoms with Gasteiger partial charge in [0.05, 0.1) is 24.5 Å². The molecule has 1 atom stereocenters. The lowest BCUT2D eigenvalue weighted by atomic mass is 10.2. The number of aliphatic carboxylic acids is 1. The minimum Gasteiger partial charge on any atom is -0.480 e. The number of nitrogens with one attached hydrogen (secondary N) is 1. The Kier molecular flexibility index (Phi) is 4.00. The molecule has 0 spiro atoms. The van der Waals surface area contributed by atoms with Gasteiger partial charge in [-0.3, -0.25) is 9.48 Å². The number of urea groups is 1. The average Bonchev–Trinajstić information content (AvgIpc) is 2.98. The van der Waals surface area contributed by atoms with Gasteiger partial charge in [0.2, 0.25) is 0 Å². The van der Waals surface area contributed by atoms with Crippen LogP contribution in [0.2, 0.25) is 0 Å². The number of ether oxygens (including phenoxy) is 1. The zero-order valence-corrected chi connectivity index (χ0v) is 10.6. The summed E-state index contributed by atoms with van der Waals surface area (Å²) in [6.07, 6.45) is 3.72. The predicted octanol–water partition coefficient (Wildman–Crippen LogP) is 0.220. The molecular weight excluding hydrogens is 252 g/mol. The molecular formula is C11H16N4O4. The zero-order valence-electron chi connectivity index (χ0n) is 10.6. The Morgan fingerprint density at radius 1 is 1.68 bits per heavy atom. The second-order valence-corrected chi connectivity index (χ2v) is 4.38. The van der Waals surface area contributed by atoms with Gasteiger partial charge in [-0.25, -0.2) is 4.79 Å². The van der Waals surface area contributed by atoms with Crippen LogP contribution in [0, 0.1) is 0 Å². The zero-order chi connectivity index (χ0) is 13.8. The molecule has 0 radical (unpaired) electrons. The van der Waals surface area contributed by atoms with Crippen molar-refractivity contribution in [1.29, 1.82) is 0 Å². The number of likely N-dealkylation sites (N-methyl/N-ethyl adjacent to an activating group) is 1. The highest BCUT2D eigenvalue weighted by Gasteiger charge is 2.24. The van der Waals surface area contributed by atoms with Crippen molar-refractivity contribution in [2.24, 2.45) is 0 Å². The van der Waals surface area contributed by atoms with Gasteiger partial charge in [0.15, 0.2) is 0 Å². The van der Waals surface area contributed by atoms with Crippen LogP contribution in [0.4, 0.5) is 10.5 Å². The number of amides is 2. The summed E-state index contributed by atoms with van der Waals surface area (Å²) in [4.78, 5) is 24.0. The van der Waals surface area contributed by atoms with Gasteiger partial charge >= 0.3 is 12.0 Å². The molecule has 1 aromatic heterocycles. The molecule has 1 unspecified atom stereocenters. The van der Waals surface area contributed by atoms with E-state index in [0.29, 0.717) is 18.9 Å². The van der Waals surface area contributed by atoms with Crippen LogP contribution in [0.3, 0.4) is 0 Å². The molecule has 1 aromatic rings. The monoisotopic (exact) mass is 268 g/mol. The van der Waals surface area contributed by atoms with E-state index in [1.54, 1.807) is 11.9 Å². The van der Waals surface area contributed by atoms with Crippen molar-refractivity contribution >= 4 is 17.7 Å². The van der Waals surface area contributed by atoms with Gasteiger partial charge in [0.25, 0.3) is 0 Å².